The molecule has 0 unspecified atom stereocenters. The second-order valence-electron chi connectivity index (χ2n) is 5.67. The average Bonchev–Trinajstić information content (AvgIpc) is 2.55. The van der Waals surface area contributed by atoms with Crippen molar-refractivity contribution in [1.82, 2.24) is 5.14 Å². The van der Waals surface area contributed by atoms with Crippen molar-refractivity contribution in [3.63, 3.8) is 0 Å². The summed E-state index contributed by atoms with van der Waals surface area (Å²) in [5.74, 6) is 0.602. The predicted molar refractivity (Wildman–Crippen MR) is 87.4 cm³/mol. The first kappa shape index (κ1) is 15.1. The van der Waals surface area contributed by atoms with Gasteiger partial charge < -0.3 is 4.90 Å². The molecule has 5 heteroatoms. The largest absolute Gasteiger partial charge is 0.371 e. The van der Waals surface area contributed by atoms with Gasteiger partial charge in [-0.15, -0.1) is 5.14 Å². The molecule has 22 heavy (non-hydrogen) atoms. The molecule has 4 nitrogen and oxygen atoms in total. The number of nitrogens with zero attached hydrogens (tertiary/aromatic N) is 1. The molecule has 115 valence electrons. The Labute approximate surface area is 131 Å². The summed E-state index contributed by atoms with van der Waals surface area (Å²) in [5, 5.41) is 7.07. The molecule has 1 heterocycles. The number of hydrogen-bond donors (Lipinski definition) is 0. The van der Waals surface area contributed by atoms with Gasteiger partial charge in [0.05, 0.1) is 4.90 Å². The smallest absolute Gasteiger partial charge is 0.254 e. The summed E-state index contributed by atoms with van der Waals surface area (Å²) in [7, 11) is -3.86. The fraction of sp³-hybridized carbons (Fsp3) is 0.294. The molecular weight excluding hydrogens is 296 g/mol. The first-order chi connectivity index (χ1) is 10.5. The summed E-state index contributed by atoms with van der Waals surface area (Å²) in [6.45, 7) is 1.93. The molecule has 0 spiro atoms. The lowest BCUT2D eigenvalue weighted by Gasteiger charge is -2.34. The highest BCUT2D eigenvalue weighted by Gasteiger charge is 2.21. The number of rotatable bonds is 3. The van der Waals surface area contributed by atoms with Crippen molar-refractivity contribution < 1.29 is 8.42 Å². The van der Waals surface area contributed by atoms with Gasteiger partial charge in [-0.25, -0.2) is 8.42 Å². The van der Waals surface area contributed by atoms with Gasteiger partial charge in [0.2, 0.25) is 0 Å². The second-order valence-corrected chi connectivity index (χ2v) is 7.15. The van der Waals surface area contributed by atoms with Crippen LogP contribution in [0.3, 0.4) is 0 Å². The molecule has 1 saturated heterocycles. The summed E-state index contributed by atoms with van der Waals surface area (Å²) in [6.07, 6.45) is 2.20. The van der Waals surface area contributed by atoms with Crippen LogP contribution in [0.1, 0.15) is 24.3 Å². The molecule has 0 amide bonds. The van der Waals surface area contributed by atoms with E-state index in [0.717, 1.165) is 31.6 Å². The molecule has 1 aliphatic rings. The zero-order chi connectivity index (χ0) is 15.6. The molecule has 1 N–H and O–H groups in total. The molecule has 1 aliphatic heterocycles. The van der Waals surface area contributed by atoms with Crippen LogP contribution in [0, 0.1) is 0 Å². The van der Waals surface area contributed by atoms with Crippen LogP contribution in [0.2, 0.25) is 0 Å². The summed E-state index contributed by atoms with van der Waals surface area (Å²) in [4.78, 5) is 2.33. The Morgan fingerprint density at radius 3 is 2.05 bits per heavy atom. The Morgan fingerprint density at radius 1 is 0.909 bits per heavy atom. The van der Waals surface area contributed by atoms with E-state index >= 15 is 0 Å². The third-order valence-electron chi connectivity index (χ3n) is 4.28. The van der Waals surface area contributed by atoms with Crippen LogP contribution in [0.15, 0.2) is 59.5 Å². The summed E-state index contributed by atoms with van der Waals surface area (Å²) < 4.78 is 22.3. The molecule has 0 bridgehead atoms. The summed E-state index contributed by atoms with van der Waals surface area (Å²) in [5.41, 5.74) is 2.43. The lowest BCUT2D eigenvalue weighted by Crippen LogP contribution is -2.32. The van der Waals surface area contributed by atoms with Crippen LogP contribution in [0.25, 0.3) is 0 Å². The minimum Gasteiger partial charge on any atom is -0.371 e. The Morgan fingerprint density at radius 2 is 1.50 bits per heavy atom. The molecular formula is C17H19N2O2S. The fourth-order valence-electron chi connectivity index (χ4n) is 3.03. The van der Waals surface area contributed by atoms with E-state index in [1.54, 1.807) is 12.1 Å². The highest BCUT2D eigenvalue weighted by Crippen LogP contribution is 2.30. The van der Waals surface area contributed by atoms with Gasteiger partial charge in [0.1, 0.15) is 0 Å². The number of sulfonamides is 1. The number of anilines is 1. The first-order valence-corrected chi connectivity index (χ1v) is 8.92. The van der Waals surface area contributed by atoms with Gasteiger partial charge in [0, 0.05) is 18.8 Å². The highest BCUT2D eigenvalue weighted by molar-refractivity contribution is 7.88. The van der Waals surface area contributed by atoms with Crippen LogP contribution < -0.4 is 10.0 Å². The van der Waals surface area contributed by atoms with Crippen molar-refractivity contribution in [2.45, 2.75) is 23.7 Å². The van der Waals surface area contributed by atoms with Crippen molar-refractivity contribution >= 4 is 15.7 Å². The van der Waals surface area contributed by atoms with Gasteiger partial charge in [-0.2, -0.15) is 0 Å². The van der Waals surface area contributed by atoms with Gasteiger partial charge in [0.15, 0.2) is 0 Å². The number of piperidine rings is 1. The van der Waals surface area contributed by atoms with Crippen molar-refractivity contribution in [2.24, 2.45) is 0 Å². The van der Waals surface area contributed by atoms with Gasteiger partial charge in [-0.3, -0.25) is 0 Å². The fourth-order valence-corrected chi connectivity index (χ4v) is 3.53. The maximum Gasteiger partial charge on any atom is 0.254 e. The van der Waals surface area contributed by atoms with E-state index in [-0.39, 0.29) is 4.90 Å². The minimum absolute atomic E-state index is 0.0513. The van der Waals surface area contributed by atoms with Crippen molar-refractivity contribution in [2.75, 3.05) is 18.0 Å². The van der Waals surface area contributed by atoms with E-state index in [4.69, 9.17) is 5.14 Å². The third kappa shape index (κ3) is 3.31. The lowest BCUT2D eigenvalue weighted by atomic mass is 9.89. The van der Waals surface area contributed by atoms with Gasteiger partial charge >= 0.3 is 0 Å². The standard InChI is InChI=1S/C17H19N2O2S/c18-22(20,21)17-8-6-16(7-9-17)19-12-10-15(11-13-19)14-4-2-1-3-5-14/h1-9,15,18H,10-13H2. The maximum atomic E-state index is 11.2. The van der Waals surface area contributed by atoms with Crippen LogP contribution >= 0.6 is 0 Å². The van der Waals surface area contributed by atoms with Crippen LogP contribution in [-0.4, -0.2) is 21.5 Å². The van der Waals surface area contributed by atoms with E-state index in [9.17, 15) is 8.42 Å². The molecule has 1 radical (unpaired) electrons. The predicted octanol–water partition coefficient (Wildman–Crippen LogP) is 3.04. The van der Waals surface area contributed by atoms with E-state index in [0.29, 0.717) is 5.92 Å². The average molecular weight is 315 g/mol. The number of nitrogens with one attached hydrogen (secondary N) is 1. The maximum absolute atomic E-state index is 11.2. The highest BCUT2D eigenvalue weighted by atomic mass is 32.2. The van der Waals surface area contributed by atoms with Crippen LogP contribution in [0.4, 0.5) is 5.69 Å². The van der Waals surface area contributed by atoms with Crippen molar-refractivity contribution in [1.29, 1.82) is 0 Å². The van der Waals surface area contributed by atoms with E-state index in [2.05, 4.69) is 29.2 Å². The van der Waals surface area contributed by atoms with Crippen molar-refractivity contribution in [3.8, 4) is 0 Å². The van der Waals surface area contributed by atoms with Crippen LogP contribution in [0.5, 0.6) is 0 Å². The third-order valence-corrected chi connectivity index (χ3v) is 5.17. The second kappa shape index (κ2) is 6.10. The Kier molecular flexibility index (Phi) is 4.18. The normalized spacial score (nSPS) is 16.7. The van der Waals surface area contributed by atoms with E-state index in [1.165, 1.54) is 17.7 Å². The van der Waals surface area contributed by atoms with E-state index < -0.39 is 10.0 Å². The van der Waals surface area contributed by atoms with Crippen molar-refractivity contribution in [3.05, 3.63) is 60.2 Å². The zero-order valence-corrected chi connectivity index (χ0v) is 13.1. The van der Waals surface area contributed by atoms with Gasteiger partial charge in [0.25, 0.3) is 10.0 Å². The summed E-state index contributed by atoms with van der Waals surface area (Å²) >= 11 is 0. The molecule has 0 atom stereocenters. The molecule has 0 aliphatic carbocycles. The van der Waals surface area contributed by atoms with Crippen LogP contribution in [-0.2, 0) is 10.0 Å². The molecule has 3 rings (SSSR count). The van der Waals surface area contributed by atoms with Gasteiger partial charge in [-0.05, 0) is 48.6 Å². The van der Waals surface area contributed by atoms with Gasteiger partial charge in [-0.1, -0.05) is 30.3 Å². The minimum atomic E-state index is -3.86. The first-order valence-electron chi connectivity index (χ1n) is 7.43. The molecule has 0 aromatic heterocycles. The zero-order valence-electron chi connectivity index (χ0n) is 12.3. The Balaban J connectivity index is 1.66. The van der Waals surface area contributed by atoms with E-state index in [1.807, 2.05) is 6.07 Å². The Bertz CT molecular complexity index is 719. The number of benzene rings is 2. The summed E-state index contributed by atoms with van der Waals surface area (Å²) in [6, 6.07) is 17.2. The SMILES string of the molecule is [NH]S(=O)(=O)c1ccc(N2CCC(c3ccccc3)CC2)cc1. The quantitative estimate of drug-likeness (QED) is 0.874. The monoisotopic (exact) mass is 315 g/mol. The lowest BCUT2D eigenvalue weighted by molar-refractivity contribution is 0.505. The molecule has 0 saturated carbocycles. The topological polar surface area (TPSA) is 61.2 Å². The molecule has 2 aromatic rings. The number of hydrogen-bond acceptors (Lipinski definition) is 3. The molecule has 2 aromatic carbocycles. The Hall–Kier alpha value is -1.85. The molecule has 1 fully saturated rings.